The van der Waals surface area contributed by atoms with E-state index in [0.29, 0.717) is 43.3 Å². The summed E-state index contributed by atoms with van der Waals surface area (Å²) in [5, 5.41) is 7.87. The van der Waals surface area contributed by atoms with Crippen LogP contribution >= 0.6 is 11.3 Å². The highest BCUT2D eigenvalue weighted by molar-refractivity contribution is 7.09. The van der Waals surface area contributed by atoms with Crippen LogP contribution in [0.4, 0.5) is 5.69 Å². The second kappa shape index (κ2) is 9.56. The number of nitrogens with one attached hydrogen (secondary N) is 2. The molecule has 1 fully saturated rings. The maximum Gasteiger partial charge on any atom is 0.256 e. The predicted molar refractivity (Wildman–Crippen MR) is 129 cm³/mol. The summed E-state index contributed by atoms with van der Waals surface area (Å²) in [4.78, 5) is 33.4. The molecule has 1 saturated heterocycles. The van der Waals surface area contributed by atoms with Crippen LogP contribution in [0.3, 0.4) is 0 Å². The Bertz CT molecular complexity index is 1200. The summed E-state index contributed by atoms with van der Waals surface area (Å²) in [5.41, 5.74) is 3.89. The van der Waals surface area contributed by atoms with Crippen LogP contribution in [0, 0.1) is 0 Å². The minimum atomic E-state index is -0.218. The van der Waals surface area contributed by atoms with Gasteiger partial charge in [-0.1, -0.05) is 18.2 Å². The minimum absolute atomic E-state index is 0.151. The largest absolute Gasteiger partial charge is 0.378 e. The van der Waals surface area contributed by atoms with Crippen molar-refractivity contribution in [2.24, 2.45) is 4.99 Å². The fourth-order valence-corrected chi connectivity index (χ4v) is 4.60. The van der Waals surface area contributed by atoms with E-state index in [2.05, 4.69) is 20.5 Å². The van der Waals surface area contributed by atoms with Crippen molar-refractivity contribution in [2.45, 2.75) is 13.1 Å². The molecular formula is C25H24N4O3S. The zero-order valence-corrected chi connectivity index (χ0v) is 18.9. The van der Waals surface area contributed by atoms with Crippen molar-refractivity contribution in [2.75, 3.05) is 31.2 Å². The minimum Gasteiger partial charge on any atom is -0.378 e. The van der Waals surface area contributed by atoms with Gasteiger partial charge in [0, 0.05) is 40.3 Å². The Labute approximate surface area is 196 Å². The number of ether oxygens (including phenoxy) is 1. The summed E-state index contributed by atoms with van der Waals surface area (Å²) in [6, 6.07) is 17.0. The third kappa shape index (κ3) is 4.81. The fraction of sp³-hybridized carbons (Fsp3) is 0.240. The number of fused-ring (bicyclic) bond motifs is 1. The number of amides is 2. The number of carbonyl (C=O) groups is 2. The molecule has 8 heteroatoms. The highest BCUT2D eigenvalue weighted by Crippen LogP contribution is 2.21. The lowest BCUT2D eigenvalue weighted by Gasteiger charge is -2.29. The van der Waals surface area contributed by atoms with Crippen molar-refractivity contribution in [1.29, 1.82) is 0 Å². The Morgan fingerprint density at radius 1 is 1.00 bits per heavy atom. The third-order valence-corrected chi connectivity index (χ3v) is 6.63. The average molecular weight is 461 g/mol. The van der Waals surface area contributed by atoms with Crippen molar-refractivity contribution < 1.29 is 14.3 Å². The molecule has 3 heterocycles. The van der Waals surface area contributed by atoms with Gasteiger partial charge in [0.2, 0.25) is 0 Å². The summed E-state index contributed by atoms with van der Waals surface area (Å²) in [6.07, 6.45) is 0. The number of carbonyl (C=O) groups excluding carboxylic acids is 2. The van der Waals surface area contributed by atoms with Crippen LogP contribution < -0.4 is 15.5 Å². The van der Waals surface area contributed by atoms with Gasteiger partial charge in [-0.05, 0) is 47.3 Å². The first-order valence-corrected chi connectivity index (χ1v) is 11.8. The van der Waals surface area contributed by atoms with Crippen LogP contribution in [0.15, 0.2) is 65.0 Å². The van der Waals surface area contributed by atoms with Gasteiger partial charge < -0.3 is 20.3 Å². The van der Waals surface area contributed by atoms with E-state index >= 15 is 0 Å². The Kier molecular flexibility index (Phi) is 6.19. The molecule has 0 radical (unpaired) electrons. The number of hydrogen-bond acceptors (Lipinski definition) is 6. The molecule has 0 unspecified atom stereocenters. The Morgan fingerprint density at radius 2 is 1.85 bits per heavy atom. The Morgan fingerprint density at radius 3 is 2.67 bits per heavy atom. The van der Waals surface area contributed by atoms with Crippen molar-refractivity contribution in [1.82, 2.24) is 10.6 Å². The molecule has 0 spiro atoms. The van der Waals surface area contributed by atoms with E-state index in [4.69, 9.17) is 4.74 Å². The molecule has 1 aromatic heterocycles. The standard InChI is InChI=1S/C25H24N4O3S/c30-24(27-16-21-5-2-12-33-21)18-6-7-19-15-26-23(22(19)14-18)28-25(31)17-3-1-4-20(13-17)29-8-10-32-11-9-29/h1-7,12-14H,8-11,15-16H2,(H,27,30)(H,26,28,31). The molecule has 168 valence electrons. The lowest BCUT2D eigenvalue weighted by molar-refractivity contribution is 0.0949. The van der Waals surface area contributed by atoms with Crippen LogP contribution in [0.25, 0.3) is 0 Å². The summed E-state index contributed by atoms with van der Waals surface area (Å²) in [6.45, 7) is 3.96. The number of rotatable bonds is 5. The zero-order chi connectivity index (χ0) is 22.6. The maximum atomic E-state index is 13.0. The molecule has 2 aliphatic heterocycles. The van der Waals surface area contributed by atoms with Crippen molar-refractivity contribution >= 4 is 34.7 Å². The molecule has 33 heavy (non-hydrogen) atoms. The molecule has 0 atom stereocenters. The lowest BCUT2D eigenvalue weighted by atomic mass is 10.0. The van der Waals surface area contributed by atoms with Gasteiger partial charge >= 0.3 is 0 Å². The molecule has 0 saturated carbocycles. The number of benzene rings is 2. The number of morpholine rings is 1. The molecule has 3 aromatic rings. The van der Waals surface area contributed by atoms with Crippen LogP contribution in [-0.2, 0) is 17.8 Å². The highest BCUT2D eigenvalue weighted by atomic mass is 32.1. The smallest absolute Gasteiger partial charge is 0.256 e. The van der Waals surface area contributed by atoms with E-state index < -0.39 is 0 Å². The van der Waals surface area contributed by atoms with Crippen LogP contribution in [0.2, 0.25) is 0 Å². The van der Waals surface area contributed by atoms with Crippen molar-refractivity contribution in [3.8, 4) is 0 Å². The second-order valence-electron chi connectivity index (χ2n) is 7.90. The third-order valence-electron chi connectivity index (χ3n) is 5.75. The van der Waals surface area contributed by atoms with Crippen molar-refractivity contribution in [3.63, 3.8) is 0 Å². The highest BCUT2D eigenvalue weighted by Gasteiger charge is 2.21. The molecule has 7 nitrogen and oxygen atoms in total. The Balaban J connectivity index is 1.28. The topological polar surface area (TPSA) is 83.0 Å². The molecule has 5 rings (SSSR count). The number of nitrogens with zero attached hydrogens (tertiary/aromatic N) is 2. The number of thiophene rings is 1. The first-order chi connectivity index (χ1) is 16.2. The maximum absolute atomic E-state index is 13.0. The summed E-state index contributed by atoms with van der Waals surface area (Å²) < 4.78 is 5.42. The van der Waals surface area contributed by atoms with Gasteiger partial charge in [-0.2, -0.15) is 0 Å². The number of hydrogen-bond donors (Lipinski definition) is 2. The second-order valence-corrected chi connectivity index (χ2v) is 8.93. The van der Waals surface area contributed by atoms with Gasteiger partial charge in [-0.3, -0.25) is 14.6 Å². The van der Waals surface area contributed by atoms with Crippen molar-refractivity contribution in [3.05, 3.63) is 87.1 Å². The quantitative estimate of drug-likeness (QED) is 0.613. The van der Waals surface area contributed by atoms with E-state index in [9.17, 15) is 9.59 Å². The number of aliphatic imine (C=N–C) groups is 1. The average Bonchev–Trinajstić information content (AvgIpc) is 3.53. The first kappa shape index (κ1) is 21.4. The first-order valence-electron chi connectivity index (χ1n) is 10.9. The summed E-state index contributed by atoms with van der Waals surface area (Å²) >= 11 is 1.60. The zero-order valence-electron chi connectivity index (χ0n) is 18.0. The molecule has 2 aliphatic rings. The number of amidine groups is 1. The monoisotopic (exact) mass is 460 g/mol. The van der Waals surface area contributed by atoms with E-state index in [1.54, 1.807) is 29.5 Å². The summed E-state index contributed by atoms with van der Waals surface area (Å²) in [7, 11) is 0. The van der Waals surface area contributed by atoms with Crippen LogP contribution in [0.5, 0.6) is 0 Å². The molecule has 2 N–H and O–H groups in total. The van der Waals surface area contributed by atoms with Gasteiger partial charge in [-0.25, -0.2) is 0 Å². The van der Waals surface area contributed by atoms with Gasteiger partial charge in [0.25, 0.3) is 11.8 Å². The summed E-state index contributed by atoms with van der Waals surface area (Å²) in [5.74, 6) is 0.130. The number of anilines is 1. The van der Waals surface area contributed by atoms with E-state index in [1.165, 1.54) is 0 Å². The molecule has 2 amide bonds. The SMILES string of the molecule is O=C(NCc1cccs1)c1ccc2c(c1)C(NC(=O)c1cccc(N3CCOCC3)c1)=NC2. The van der Waals surface area contributed by atoms with Gasteiger partial charge in [-0.15, -0.1) is 11.3 Å². The molecule has 0 aliphatic carbocycles. The van der Waals surface area contributed by atoms with E-state index in [1.807, 2.05) is 41.8 Å². The van der Waals surface area contributed by atoms with Gasteiger partial charge in [0.15, 0.2) is 0 Å². The lowest BCUT2D eigenvalue weighted by Crippen LogP contribution is -2.36. The van der Waals surface area contributed by atoms with Gasteiger partial charge in [0.1, 0.15) is 5.84 Å². The molecular weight excluding hydrogens is 436 g/mol. The Hall–Kier alpha value is -3.49. The van der Waals surface area contributed by atoms with Crippen LogP contribution in [-0.4, -0.2) is 44.0 Å². The van der Waals surface area contributed by atoms with Gasteiger partial charge in [0.05, 0.1) is 26.3 Å². The van der Waals surface area contributed by atoms with E-state index in [0.717, 1.165) is 34.8 Å². The van der Waals surface area contributed by atoms with E-state index in [-0.39, 0.29) is 11.8 Å². The van der Waals surface area contributed by atoms with Crippen LogP contribution in [0.1, 0.15) is 36.7 Å². The fourth-order valence-electron chi connectivity index (χ4n) is 3.96. The normalized spacial score (nSPS) is 15.0. The molecule has 0 bridgehead atoms. The predicted octanol–water partition coefficient (Wildman–Crippen LogP) is 3.20. The molecule has 2 aromatic carbocycles.